The summed E-state index contributed by atoms with van der Waals surface area (Å²) in [4.78, 5) is 16.5. The van der Waals surface area contributed by atoms with Gasteiger partial charge in [-0.05, 0) is 30.5 Å². The van der Waals surface area contributed by atoms with Crippen LogP contribution < -0.4 is 5.69 Å². The molecule has 0 atom stereocenters. The lowest BCUT2D eigenvalue weighted by molar-refractivity contribution is 0.255. The maximum atomic E-state index is 11.1. The predicted octanol–water partition coefficient (Wildman–Crippen LogP) is 0.880. The molecule has 3 N–H and O–H groups in total. The van der Waals surface area contributed by atoms with Gasteiger partial charge >= 0.3 is 5.69 Å². The van der Waals surface area contributed by atoms with Gasteiger partial charge in [0.25, 0.3) is 0 Å². The van der Waals surface area contributed by atoms with Gasteiger partial charge in [-0.25, -0.2) is 4.79 Å². The molecule has 1 fully saturated rings. The second-order valence-electron chi connectivity index (χ2n) is 4.28. The van der Waals surface area contributed by atoms with E-state index in [2.05, 4.69) is 9.97 Å². The van der Waals surface area contributed by atoms with Gasteiger partial charge in [0.2, 0.25) is 0 Å². The largest absolute Gasteiger partial charge is 0.395 e. The van der Waals surface area contributed by atoms with Crippen LogP contribution >= 0.6 is 0 Å². The molecule has 4 nitrogen and oxygen atoms in total. The Labute approximate surface area is 86.0 Å². The first kappa shape index (κ1) is 8.73. The van der Waals surface area contributed by atoms with Crippen molar-refractivity contribution in [2.45, 2.75) is 18.3 Å². The number of aromatic nitrogens is 2. The van der Waals surface area contributed by atoms with Crippen LogP contribution in [-0.4, -0.2) is 21.7 Å². The third-order valence-corrected chi connectivity index (χ3v) is 3.28. The van der Waals surface area contributed by atoms with E-state index in [0.29, 0.717) is 0 Å². The molecule has 0 amide bonds. The summed E-state index contributed by atoms with van der Waals surface area (Å²) in [6, 6.07) is 5.82. The third-order valence-electron chi connectivity index (χ3n) is 3.28. The predicted molar refractivity (Wildman–Crippen MR) is 56.9 cm³/mol. The Morgan fingerprint density at radius 3 is 2.67 bits per heavy atom. The number of rotatable bonds is 2. The first-order valence-electron chi connectivity index (χ1n) is 5.07. The minimum Gasteiger partial charge on any atom is -0.395 e. The second kappa shape index (κ2) is 2.73. The van der Waals surface area contributed by atoms with Crippen LogP contribution in [0.3, 0.4) is 0 Å². The van der Waals surface area contributed by atoms with Crippen molar-refractivity contribution in [3.63, 3.8) is 0 Å². The van der Waals surface area contributed by atoms with Gasteiger partial charge in [-0.15, -0.1) is 0 Å². The number of aromatic amines is 2. The van der Waals surface area contributed by atoms with Crippen LogP contribution in [-0.2, 0) is 5.41 Å². The van der Waals surface area contributed by atoms with Gasteiger partial charge in [-0.1, -0.05) is 6.07 Å². The van der Waals surface area contributed by atoms with Gasteiger partial charge in [0.05, 0.1) is 17.6 Å². The van der Waals surface area contributed by atoms with Crippen LogP contribution in [0.1, 0.15) is 18.4 Å². The van der Waals surface area contributed by atoms with Crippen molar-refractivity contribution in [3.8, 4) is 0 Å². The molecule has 78 valence electrons. The average Bonchev–Trinajstić information content (AvgIpc) is 2.94. The van der Waals surface area contributed by atoms with Crippen LogP contribution in [0.15, 0.2) is 23.0 Å². The number of hydrogen-bond donors (Lipinski definition) is 3. The number of aliphatic hydroxyl groups is 1. The molecular weight excluding hydrogens is 192 g/mol. The quantitative estimate of drug-likeness (QED) is 0.679. The summed E-state index contributed by atoms with van der Waals surface area (Å²) < 4.78 is 0. The van der Waals surface area contributed by atoms with E-state index in [1.54, 1.807) is 0 Å². The van der Waals surface area contributed by atoms with E-state index in [1.807, 2.05) is 18.2 Å². The van der Waals surface area contributed by atoms with Crippen LogP contribution in [0.25, 0.3) is 11.0 Å². The van der Waals surface area contributed by atoms with Crippen molar-refractivity contribution in [1.82, 2.24) is 9.97 Å². The molecule has 0 bridgehead atoms. The number of aliphatic hydroxyl groups excluding tert-OH is 1. The Bertz CT molecular complexity index is 563. The van der Waals surface area contributed by atoms with Gasteiger partial charge in [-0.2, -0.15) is 0 Å². The minimum atomic E-state index is -0.184. The SMILES string of the molecule is O=c1[nH]c2ccc(C3(CO)CC3)cc2[nH]1. The molecule has 0 radical (unpaired) electrons. The van der Waals surface area contributed by atoms with E-state index in [9.17, 15) is 9.90 Å². The lowest BCUT2D eigenvalue weighted by atomic mass is 9.97. The van der Waals surface area contributed by atoms with E-state index < -0.39 is 0 Å². The summed E-state index contributed by atoms with van der Waals surface area (Å²) in [5.41, 5.74) is 2.53. The highest BCUT2D eigenvalue weighted by molar-refractivity contribution is 5.75. The molecule has 15 heavy (non-hydrogen) atoms. The summed E-state index contributed by atoms with van der Waals surface area (Å²) in [6.07, 6.45) is 2.06. The van der Waals surface area contributed by atoms with Crippen LogP contribution in [0.4, 0.5) is 0 Å². The summed E-state index contributed by atoms with van der Waals surface area (Å²) in [6.45, 7) is 0.188. The highest BCUT2D eigenvalue weighted by Gasteiger charge is 2.43. The molecule has 1 aliphatic carbocycles. The van der Waals surface area contributed by atoms with E-state index in [1.165, 1.54) is 0 Å². The summed E-state index contributed by atoms with van der Waals surface area (Å²) in [7, 11) is 0. The fraction of sp³-hybridized carbons (Fsp3) is 0.364. The van der Waals surface area contributed by atoms with Crippen molar-refractivity contribution >= 4 is 11.0 Å². The highest BCUT2D eigenvalue weighted by Crippen LogP contribution is 2.47. The van der Waals surface area contributed by atoms with Crippen molar-refractivity contribution in [1.29, 1.82) is 0 Å². The highest BCUT2D eigenvalue weighted by atomic mass is 16.3. The topological polar surface area (TPSA) is 68.9 Å². The van der Waals surface area contributed by atoms with Crippen molar-refractivity contribution in [2.24, 2.45) is 0 Å². The standard InChI is InChI=1S/C11H12N2O2/c14-6-11(3-4-11)7-1-2-8-9(5-7)13-10(15)12-8/h1-2,5,14H,3-4,6H2,(H2,12,13,15). The van der Waals surface area contributed by atoms with E-state index >= 15 is 0 Å². The first-order chi connectivity index (χ1) is 7.23. The molecule has 0 spiro atoms. The zero-order valence-electron chi connectivity index (χ0n) is 8.21. The molecule has 1 aromatic heterocycles. The Balaban J connectivity index is 2.17. The monoisotopic (exact) mass is 204 g/mol. The fourth-order valence-corrected chi connectivity index (χ4v) is 2.05. The number of nitrogens with one attached hydrogen (secondary N) is 2. The summed E-state index contributed by atoms with van der Waals surface area (Å²) >= 11 is 0. The number of fused-ring (bicyclic) bond motifs is 1. The van der Waals surface area contributed by atoms with Gasteiger partial charge in [0.15, 0.2) is 0 Å². The molecule has 1 aliphatic rings. The second-order valence-corrected chi connectivity index (χ2v) is 4.28. The molecular formula is C11H12N2O2. The minimum absolute atomic E-state index is 0.0393. The van der Waals surface area contributed by atoms with Crippen LogP contribution in [0.2, 0.25) is 0 Å². The van der Waals surface area contributed by atoms with Crippen molar-refractivity contribution in [2.75, 3.05) is 6.61 Å². The van der Waals surface area contributed by atoms with E-state index in [4.69, 9.17) is 0 Å². The molecule has 1 saturated carbocycles. The molecule has 4 heteroatoms. The van der Waals surface area contributed by atoms with Crippen LogP contribution in [0, 0.1) is 0 Å². The zero-order chi connectivity index (χ0) is 10.5. The Morgan fingerprint density at radius 2 is 2.00 bits per heavy atom. The van der Waals surface area contributed by atoms with Crippen molar-refractivity contribution in [3.05, 3.63) is 34.2 Å². The lowest BCUT2D eigenvalue weighted by Crippen LogP contribution is -2.11. The molecule has 1 aromatic carbocycles. The fourth-order valence-electron chi connectivity index (χ4n) is 2.05. The maximum Gasteiger partial charge on any atom is 0.323 e. The van der Waals surface area contributed by atoms with Crippen LogP contribution in [0.5, 0.6) is 0 Å². The summed E-state index contributed by atoms with van der Waals surface area (Å²) in [5.74, 6) is 0. The Morgan fingerprint density at radius 1 is 1.27 bits per heavy atom. The summed E-state index contributed by atoms with van der Waals surface area (Å²) in [5, 5.41) is 9.31. The molecule has 1 heterocycles. The third kappa shape index (κ3) is 1.22. The molecule has 0 unspecified atom stereocenters. The number of imidazole rings is 1. The van der Waals surface area contributed by atoms with Gasteiger partial charge in [0, 0.05) is 5.41 Å². The molecule has 0 aliphatic heterocycles. The smallest absolute Gasteiger partial charge is 0.323 e. The molecule has 0 saturated heterocycles. The molecule has 3 rings (SSSR count). The van der Waals surface area contributed by atoms with Gasteiger partial charge in [0.1, 0.15) is 0 Å². The van der Waals surface area contributed by atoms with Gasteiger partial charge in [-0.3, -0.25) is 0 Å². The van der Waals surface area contributed by atoms with E-state index in [0.717, 1.165) is 29.4 Å². The number of H-pyrrole nitrogens is 2. The average molecular weight is 204 g/mol. The Hall–Kier alpha value is -1.55. The normalized spacial score (nSPS) is 18.2. The molecule has 2 aromatic rings. The van der Waals surface area contributed by atoms with Gasteiger partial charge < -0.3 is 15.1 Å². The zero-order valence-corrected chi connectivity index (χ0v) is 8.21. The Kier molecular flexibility index (Phi) is 1.59. The number of benzene rings is 1. The maximum absolute atomic E-state index is 11.1. The van der Waals surface area contributed by atoms with E-state index in [-0.39, 0.29) is 17.7 Å². The lowest BCUT2D eigenvalue weighted by Gasteiger charge is -2.11. The number of hydrogen-bond acceptors (Lipinski definition) is 2. The first-order valence-corrected chi connectivity index (χ1v) is 5.07. The van der Waals surface area contributed by atoms with Crippen molar-refractivity contribution < 1.29 is 5.11 Å².